The van der Waals surface area contributed by atoms with Crippen LogP contribution in [-0.4, -0.2) is 16.7 Å². The number of ether oxygens (including phenoxy) is 1. The first-order valence-corrected chi connectivity index (χ1v) is 9.35. The number of halogens is 3. The van der Waals surface area contributed by atoms with E-state index in [0.717, 1.165) is 23.6 Å². The third kappa shape index (κ3) is 4.74. The number of rotatable bonds is 6. The first-order chi connectivity index (χ1) is 13.8. The van der Waals surface area contributed by atoms with Gasteiger partial charge in [-0.05, 0) is 48.2 Å². The molecule has 0 aliphatic carbocycles. The lowest BCUT2D eigenvalue weighted by atomic mass is 10.1. The third-order valence-corrected chi connectivity index (χ3v) is 4.83. The maximum absolute atomic E-state index is 13.6. The van der Waals surface area contributed by atoms with Crippen LogP contribution in [0.2, 0.25) is 5.02 Å². The van der Waals surface area contributed by atoms with E-state index in [9.17, 15) is 13.6 Å². The third-order valence-electron chi connectivity index (χ3n) is 4.48. The van der Waals surface area contributed by atoms with Gasteiger partial charge in [-0.2, -0.15) is 4.98 Å². The van der Waals surface area contributed by atoms with Gasteiger partial charge in [-0.1, -0.05) is 24.6 Å². The fourth-order valence-corrected chi connectivity index (χ4v) is 3.30. The molecule has 0 unspecified atom stereocenters. The minimum atomic E-state index is -0.687. The van der Waals surface area contributed by atoms with Gasteiger partial charge in [0.2, 0.25) is 11.7 Å². The van der Waals surface area contributed by atoms with Crippen LogP contribution in [0, 0.1) is 18.6 Å². The van der Waals surface area contributed by atoms with Gasteiger partial charge in [0, 0.05) is 16.8 Å². The summed E-state index contributed by atoms with van der Waals surface area (Å²) in [4.78, 5) is 16.2. The highest BCUT2D eigenvalue weighted by molar-refractivity contribution is 6.31. The molecule has 0 atom stereocenters. The molecular weight excluding hydrogens is 400 g/mol. The summed E-state index contributed by atoms with van der Waals surface area (Å²) in [5, 5.41) is 3.69. The van der Waals surface area contributed by atoms with E-state index < -0.39 is 17.2 Å². The van der Waals surface area contributed by atoms with Crippen LogP contribution in [0.15, 0.2) is 41.3 Å². The van der Waals surface area contributed by atoms with Crippen molar-refractivity contribution in [3.8, 4) is 5.75 Å². The molecule has 5 nitrogen and oxygen atoms in total. The Bertz CT molecular complexity index is 1100. The normalized spacial score (nSPS) is 10.8. The van der Waals surface area contributed by atoms with Crippen molar-refractivity contribution in [3.63, 3.8) is 0 Å². The fourth-order valence-electron chi connectivity index (χ4n) is 3.00. The number of hydrogen-bond acceptors (Lipinski definition) is 4. The number of benzene rings is 2. The average molecular weight is 420 g/mol. The predicted octanol–water partition coefficient (Wildman–Crippen LogP) is 4.85. The highest BCUT2D eigenvalue weighted by atomic mass is 35.5. The lowest BCUT2D eigenvalue weighted by Gasteiger charge is -2.17. The summed E-state index contributed by atoms with van der Waals surface area (Å²) in [6.45, 7) is 3.99. The fraction of sp³-hybridized carbons (Fsp3) is 0.238. The van der Waals surface area contributed by atoms with Crippen molar-refractivity contribution in [3.05, 3.63) is 80.2 Å². The molecule has 1 N–H and O–H groups in total. The quantitative estimate of drug-likeness (QED) is 0.620. The Kier molecular flexibility index (Phi) is 6.17. The molecule has 1 aromatic heterocycles. The van der Waals surface area contributed by atoms with E-state index in [2.05, 4.69) is 10.3 Å². The van der Waals surface area contributed by atoms with E-state index in [1.165, 1.54) is 25.4 Å². The van der Waals surface area contributed by atoms with Gasteiger partial charge >= 0.3 is 5.56 Å². The van der Waals surface area contributed by atoms with Crippen LogP contribution in [0.25, 0.3) is 0 Å². The first kappa shape index (κ1) is 20.8. The summed E-state index contributed by atoms with van der Waals surface area (Å²) in [7, 11) is 1.35. The lowest BCUT2D eigenvalue weighted by Crippen LogP contribution is -2.19. The molecule has 0 saturated heterocycles. The van der Waals surface area contributed by atoms with E-state index in [1.807, 2.05) is 19.9 Å². The van der Waals surface area contributed by atoms with Crippen molar-refractivity contribution >= 4 is 23.2 Å². The predicted molar refractivity (Wildman–Crippen MR) is 109 cm³/mol. The lowest BCUT2D eigenvalue weighted by molar-refractivity contribution is 0.402. The highest BCUT2D eigenvalue weighted by Gasteiger charge is 2.13. The second-order valence-electron chi connectivity index (χ2n) is 6.58. The van der Waals surface area contributed by atoms with Crippen molar-refractivity contribution in [1.82, 2.24) is 9.55 Å². The number of hydrogen-bond donors (Lipinski definition) is 1. The number of methoxy groups -OCH3 is 1. The van der Waals surface area contributed by atoms with Gasteiger partial charge in [0.05, 0.1) is 19.9 Å². The van der Waals surface area contributed by atoms with Gasteiger partial charge in [0.1, 0.15) is 11.6 Å². The Morgan fingerprint density at radius 1 is 1.17 bits per heavy atom. The summed E-state index contributed by atoms with van der Waals surface area (Å²) in [5.74, 6) is -1.16. The number of aryl methyl sites for hydroxylation is 2. The standard InChI is InChI=1S/C21H20ClF2N3O2/c1-4-14-5-12(2)18(9-17(14)22)25-21-26-20(28)19(29-3)11-27(21)10-13-6-15(23)8-16(24)7-13/h5-9,11H,4,10H2,1-3H3,(H,25,26,28). The zero-order valence-electron chi connectivity index (χ0n) is 16.2. The molecule has 29 heavy (non-hydrogen) atoms. The Balaban J connectivity index is 2.05. The summed E-state index contributed by atoms with van der Waals surface area (Å²) in [5.41, 5.74) is 2.40. The molecule has 3 aromatic rings. The van der Waals surface area contributed by atoms with Crippen LogP contribution in [0.5, 0.6) is 5.75 Å². The first-order valence-electron chi connectivity index (χ1n) is 8.97. The molecule has 0 bridgehead atoms. The molecule has 0 spiro atoms. The summed E-state index contributed by atoms with van der Waals surface area (Å²) in [6, 6.07) is 6.95. The molecule has 1 heterocycles. The summed E-state index contributed by atoms with van der Waals surface area (Å²) >= 11 is 6.32. The summed E-state index contributed by atoms with van der Waals surface area (Å²) in [6.07, 6.45) is 2.23. The van der Waals surface area contributed by atoms with Crippen LogP contribution in [-0.2, 0) is 13.0 Å². The topological polar surface area (TPSA) is 56.1 Å². The number of aromatic nitrogens is 2. The number of nitrogens with zero attached hydrogens (tertiary/aromatic N) is 2. The number of nitrogens with one attached hydrogen (secondary N) is 1. The van der Waals surface area contributed by atoms with Crippen LogP contribution >= 0.6 is 11.6 Å². The molecule has 0 amide bonds. The molecule has 8 heteroatoms. The van der Waals surface area contributed by atoms with E-state index >= 15 is 0 Å². The van der Waals surface area contributed by atoms with Crippen molar-refractivity contribution in [2.75, 3.05) is 12.4 Å². The maximum Gasteiger partial charge on any atom is 0.316 e. The zero-order chi connectivity index (χ0) is 21.1. The van der Waals surface area contributed by atoms with Gasteiger partial charge in [-0.25, -0.2) is 8.78 Å². The van der Waals surface area contributed by atoms with Crippen LogP contribution < -0.4 is 15.6 Å². The molecule has 2 aromatic carbocycles. The molecule has 3 rings (SSSR count). The zero-order valence-corrected chi connectivity index (χ0v) is 17.0. The maximum atomic E-state index is 13.6. The van der Waals surface area contributed by atoms with Crippen LogP contribution in [0.1, 0.15) is 23.6 Å². The molecule has 152 valence electrons. The average Bonchev–Trinajstić information content (AvgIpc) is 2.65. The number of anilines is 2. The monoisotopic (exact) mass is 419 g/mol. The van der Waals surface area contributed by atoms with Gasteiger partial charge in [0.15, 0.2) is 0 Å². The van der Waals surface area contributed by atoms with Crippen molar-refractivity contribution in [2.45, 2.75) is 26.8 Å². The van der Waals surface area contributed by atoms with E-state index in [-0.39, 0.29) is 18.2 Å². The van der Waals surface area contributed by atoms with Crippen molar-refractivity contribution < 1.29 is 13.5 Å². The minimum Gasteiger partial charge on any atom is -0.490 e. The van der Waals surface area contributed by atoms with E-state index in [1.54, 1.807) is 10.6 Å². The molecule has 0 fully saturated rings. The van der Waals surface area contributed by atoms with Gasteiger partial charge in [-0.3, -0.25) is 4.79 Å². The SMILES string of the molecule is CCc1cc(C)c(Nc2nc(=O)c(OC)cn2Cc2cc(F)cc(F)c2)cc1Cl. The van der Waals surface area contributed by atoms with Gasteiger partial charge in [0.25, 0.3) is 0 Å². The smallest absolute Gasteiger partial charge is 0.316 e. The Labute approximate surface area is 171 Å². The van der Waals surface area contributed by atoms with Crippen LogP contribution in [0.4, 0.5) is 20.4 Å². The highest BCUT2D eigenvalue weighted by Crippen LogP contribution is 2.28. The van der Waals surface area contributed by atoms with Crippen molar-refractivity contribution in [2.24, 2.45) is 0 Å². The van der Waals surface area contributed by atoms with Gasteiger partial charge in [-0.15, -0.1) is 0 Å². The van der Waals surface area contributed by atoms with E-state index in [0.29, 0.717) is 16.3 Å². The summed E-state index contributed by atoms with van der Waals surface area (Å²) < 4.78 is 33.8. The van der Waals surface area contributed by atoms with Gasteiger partial charge < -0.3 is 14.6 Å². The largest absolute Gasteiger partial charge is 0.490 e. The molecule has 0 saturated carbocycles. The molecule has 0 aliphatic rings. The van der Waals surface area contributed by atoms with Crippen LogP contribution in [0.3, 0.4) is 0 Å². The van der Waals surface area contributed by atoms with Crippen molar-refractivity contribution in [1.29, 1.82) is 0 Å². The second-order valence-corrected chi connectivity index (χ2v) is 6.99. The Morgan fingerprint density at radius 2 is 1.86 bits per heavy atom. The Morgan fingerprint density at radius 3 is 2.48 bits per heavy atom. The molecule has 0 radical (unpaired) electrons. The van der Waals surface area contributed by atoms with E-state index in [4.69, 9.17) is 16.3 Å². The molecular formula is C21H20ClF2N3O2. The minimum absolute atomic E-state index is 0.0171. The second kappa shape index (κ2) is 8.61. The molecule has 0 aliphatic heterocycles. The Hall–Kier alpha value is -2.93.